The molecule has 0 N–H and O–H groups in total. The van der Waals surface area contributed by atoms with Crippen LogP contribution in [0, 0.1) is 11.3 Å². The van der Waals surface area contributed by atoms with Crippen molar-refractivity contribution in [3.05, 3.63) is 17.9 Å². The van der Waals surface area contributed by atoms with Crippen LogP contribution in [-0.4, -0.2) is 5.78 Å². The van der Waals surface area contributed by atoms with Gasteiger partial charge in [0.25, 0.3) is 0 Å². The van der Waals surface area contributed by atoms with Gasteiger partial charge in [-0.2, -0.15) is 0 Å². The molecule has 110 valence electrons. The molecule has 1 heteroatoms. The summed E-state index contributed by atoms with van der Waals surface area (Å²) in [6, 6.07) is 0. The van der Waals surface area contributed by atoms with E-state index in [0.29, 0.717) is 11.8 Å². The highest BCUT2D eigenvalue weighted by Crippen LogP contribution is 2.30. The highest BCUT2D eigenvalue weighted by molar-refractivity contribution is 5.76. The SMILES string of the molecule is CC(=O)CC=C=CCCCC(C)(C)CCCC(C)C. The minimum Gasteiger partial charge on any atom is -0.300 e. The van der Waals surface area contributed by atoms with Gasteiger partial charge >= 0.3 is 0 Å². The van der Waals surface area contributed by atoms with Crippen molar-refractivity contribution in [2.45, 2.75) is 79.6 Å². The zero-order chi connectivity index (χ0) is 14.7. The van der Waals surface area contributed by atoms with Crippen molar-refractivity contribution in [1.82, 2.24) is 0 Å². The number of carbonyl (C=O) groups is 1. The number of ketones is 1. The fraction of sp³-hybridized carbons (Fsp3) is 0.778. The van der Waals surface area contributed by atoms with Crippen LogP contribution in [0.15, 0.2) is 17.9 Å². The molecule has 0 aromatic rings. The first kappa shape index (κ1) is 18.2. The van der Waals surface area contributed by atoms with Crippen molar-refractivity contribution in [2.24, 2.45) is 11.3 Å². The second kappa shape index (κ2) is 10.0. The molecule has 0 aliphatic heterocycles. The van der Waals surface area contributed by atoms with Crippen molar-refractivity contribution < 1.29 is 4.79 Å². The molecule has 0 aliphatic rings. The fourth-order valence-electron chi connectivity index (χ4n) is 2.17. The van der Waals surface area contributed by atoms with Crippen molar-refractivity contribution in [2.75, 3.05) is 0 Å². The van der Waals surface area contributed by atoms with Gasteiger partial charge in [0, 0.05) is 6.42 Å². The van der Waals surface area contributed by atoms with Gasteiger partial charge in [-0.15, -0.1) is 5.73 Å². The van der Waals surface area contributed by atoms with E-state index in [1.54, 1.807) is 6.92 Å². The monoisotopic (exact) mass is 264 g/mol. The van der Waals surface area contributed by atoms with Crippen molar-refractivity contribution in [3.8, 4) is 0 Å². The lowest BCUT2D eigenvalue weighted by Gasteiger charge is -2.24. The average Bonchev–Trinajstić information content (AvgIpc) is 2.26. The molecule has 0 saturated heterocycles. The Labute approximate surface area is 120 Å². The predicted molar refractivity (Wildman–Crippen MR) is 84.3 cm³/mol. The summed E-state index contributed by atoms with van der Waals surface area (Å²) in [6.45, 7) is 11.0. The molecule has 0 heterocycles. The normalized spacial score (nSPS) is 11.3. The van der Waals surface area contributed by atoms with E-state index in [2.05, 4.69) is 39.5 Å². The molecule has 0 aliphatic carbocycles. The lowest BCUT2D eigenvalue weighted by Crippen LogP contribution is -2.11. The van der Waals surface area contributed by atoms with E-state index in [9.17, 15) is 4.79 Å². The Morgan fingerprint density at radius 1 is 1.16 bits per heavy atom. The van der Waals surface area contributed by atoms with Crippen LogP contribution in [-0.2, 0) is 4.79 Å². The first-order chi connectivity index (χ1) is 8.83. The fourth-order valence-corrected chi connectivity index (χ4v) is 2.17. The number of Topliss-reactive ketones (excluding diaryl/α,β-unsaturated/α-hetero) is 1. The molecule has 0 saturated carbocycles. The Morgan fingerprint density at radius 3 is 2.37 bits per heavy atom. The maximum absolute atomic E-state index is 10.7. The maximum atomic E-state index is 10.7. The van der Waals surface area contributed by atoms with Crippen molar-refractivity contribution in [1.29, 1.82) is 0 Å². The summed E-state index contributed by atoms with van der Waals surface area (Å²) >= 11 is 0. The second-order valence-electron chi connectivity index (χ2n) is 6.82. The first-order valence-electron chi connectivity index (χ1n) is 7.72. The van der Waals surface area contributed by atoms with E-state index in [4.69, 9.17) is 0 Å². The molecule has 0 fully saturated rings. The summed E-state index contributed by atoms with van der Waals surface area (Å²) in [5, 5.41) is 0. The van der Waals surface area contributed by atoms with Crippen LogP contribution in [0.3, 0.4) is 0 Å². The third kappa shape index (κ3) is 13.4. The number of carbonyl (C=O) groups excluding carboxylic acids is 1. The smallest absolute Gasteiger partial charge is 0.134 e. The summed E-state index contributed by atoms with van der Waals surface area (Å²) in [7, 11) is 0. The first-order valence-corrected chi connectivity index (χ1v) is 7.72. The quantitative estimate of drug-likeness (QED) is 0.365. The molecule has 0 bridgehead atoms. The number of hydrogen-bond acceptors (Lipinski definition) is 1. The minimum absolute atomic E-state index is 0.201. The van der Waals surface area contributed by atoms with Crippen LogP contribution in [0.1, 0.15) is 79.6 Å². The van der Waals surface area contributed by atoms with E-state index in [-0.39, 0.29) is 5.78 Å². The van der Waals surface area contributed by atoms with E-state index in [1.165, 1.54) is 32.1 Å². The van der Waals surface area contributed by atoms with Gasteiger partial charge in [0.2, 0.25) is 0 Å². The van der Waals surface area contributed by atoms with Crippen LogP contribution < -0.4 is 0 Å². The van der Waals surface area contributed by atoms with Gasteiger partial charge in [-0.1, -0.05) is 40.5 Å². The lowest BCUT2D eigenvalue weighted by atomic mass is 9.81. The standard InChI is InChI=1S/C18H32O/c1-16(2)12-11-15-18(4,5)14-10-8-6-7-9-13-17(3)19/h6,9,16H,8,10-15H2,1-5H3. The van der Waals surface area contributed by atoms with Gasteiger partial charge in [0.05, 0.1) is 0 Å². The van der Waals surface area contributed by atoms with Crippen molar-refractivity contribution in [3.63, 3.8) is 0 Å². The van der Waals surface area contributed by atoms with Gasteiger partial charge in [0.1, 0.15) is 5.78 Å². The Balaban J connectivity index is 3.73. The molecule has 0 unspecified atom stereocenters. The molecule has 0 aromatic heterocycles. The Bertz CT molecular complexity index is 304. The summed E-state index contributed by atoms with van der Waals surface area (Å²) in [5.74, 6) is 1.03. The highest BCUT2D eigenvalue weighted by atomic mass is 16.1. The van der Waals surface area contributed by atoms with Crippen LogP contribution in [0.5, 0.6) is 0 Å². The largest absolute Gasteiger partial charge is 0.300 e. The highest BCUT2D eigenvalue weighted by Gasteiger charge is 2.16. The molecule has 0 amide bonds. The molecular weight excluding hydrogens is 232 g/mol. The molecule has 0 rings (SSSR count). The number of allylic oxidation sites excluding steroid dienone is 1. The summed E-state index contributed by atoms with van der Waals surface area (Å²) in [4.78, 5) is 10.7. The lowest BCUT2D eigenvalue weighted by molar-refractivity contribution is -0.116. The third-order valence-electron chi connectivity index (χ3n) is 3.46. The van der Waals surface area contributed by atoms with Crippen LogP contribution in [0.25, 0.3) is 0 Å². The van der Waals surface area contributed by atoms with E-state index in [0.717, 1.165) is 12.3 Å². The number of rotatable bonds is 10. The van der Waals surface area contributed by atoms with Crippen molar-refractivity contribution >= 4 is 5.78 Å². The van der Waals surface area contributed by atoms with E-state index in [1.807, 2.05) is 6.08 Å². The maximum Gasteiger partial charge on any atom is 0.134 e. The number of unbranched alkanes of at least 4 members (excludes halogenated alkanes) is 1. The molecular formula is C18H32O. The Hall–Kier alpha value is -0.810. The molecule has 19 heavy (non-hydrogen) atoms. The summed E-state index contributed by atoms with van der Waals surface area (Å²) < 4.78 is 0. The van der Waals surface area contributed by atoms with Gasteiger partial charge < -0.3 is 0 Å². The minimum atomic E-state index is 0.201. The summed E-state index contributed by atoms with van der Waals surface area (Å²) in [5.41, 5.74) is 3.55. The third-order valence-corrected chi connectivity index (χ3v) is 3.46. The molecule has 0 atom stereocenters. The van der Waals surface area contributed by atoms with Crippen LogP contribution in [0.2, 0.25) is 0 Å². The molecule has 0 spiro atoms. The van der Waals surface area contributed by atoms with Crippen LogP contribution in [0.4, 0.5) is 0 Å². The summed E-state index contributed by atoms with van der Waals surface area (Å²) in [6.07, 6.45) is 12.0. The Morgan fingerprint density at radius 2 is 1.79 bits per heavy atom. The molecule has 0 aromatic carbocycles. The topological polar surface area (TPSA) is 17.1 Å². The van der Waals surface area contributed by atoms with Gasteiger partial charge in [-0.3, -0.25) is 4.79 Å². The van der Waals surface area contributed by atoms with Crippen LogP contribution >= 0.6 is 0 Å². The second-order valence-corrected chi connectivity index (χ2v) is 6.82. The Kier molecular flexibility index (Phi) is 9.61. The average molecular weight is 264 g/mol. The van der Waals surface area contributed by atoms with Gasteiger partial charge in [-0.05, 0) is 56.1 Å². The molecule has 0 radical (unpaired) electrons. The number of hydrogen-bond donors (Lipinski definition) is 0. The van der Waals surface area contributed by atoms with E-state index < -0.39 is 0 Å². The molecule has 1 nitrogen and oxygen atoms in total. The predicted octanol–water partition coefficient (Wildman–Crippen LogP) is 5.70. The zero-order valence-electron chi connectivity index (χ0n) is 13.6. The zero-order valence-corrected chi connectivity index (χ0v) is 13.6. The van der Waals surface area contributed by atoms with Gasteiger partial charge in [-0.25, -0.2) is 0 Å². The van der Waals surface area contributed by atoms with E-state index >= 15 is 0 Å². The van der Waals surface area contributed by atoms with Gasteiger partial charge in [0.15, 0.2) is 0 Å².